The number of nitrogens with one attached hydrogen (secondary N) is 2. The van der Waals surface area contributed by atoms with Crippen molar-refractivity contribution in [1.82, 2.24) is 4.98 Å². The van der Waals surface area contributed by atoms with Gasteiger partial charge in [0.1, 0.15) is 0 Å². The molecule has 3 aromatic rings. The van der Waals surface area contributed by atoms with Crippen LogP contribution in [0.15, 0.2) is 47.4 Å². The van der Waals surface area contributed by atoms with E-state index in [0.717, 1.165) is 10.3 Å². The Balaban J connectivity index is 1.91. The highest BCUT2D eigenvalue weighted by Crippen LogP contribution is 2.29. The number of fused-ring (bicyclic) bond motifs is 1. The van der Waals surface area contributed by atoms with Crippen molar-refractivity contribution in [3.05, 3.63) is 48.0 Å². The lowest BCUT2D eigenvalue weighted by Gasteiger charge is -2.08. The Morgan fingerprint density at radius 2 is 1.96 bits per heavy atom. The van der Waals surface area contributed by atoms with Crippen LogP contribution in [0.4, 0.5) is 10.8 Å². The van der Waals surface area contributed by atoms with Crippen molar-refractivity contribution in [1.29, 1.82) is 0 Å². The van der Waals surface area contributed by atoms with Crippen LogP contribution in [0.3, 0.4) is 0 Å². The molecule has 24 heavy (non-hydrogen) atoms. The molecule has 1 heterocycles. The summed E-state index contributed by atoms with van der Waals surface area (Å²) in [7, 11) is -3.66. The number of hydrogen-bond acceptors (Lipinski definition) is 5. The monoisotopic (exact) mass is 361 g/mol. The molecule has 0 aliphatic rings. The number of rotatable bonds is 4. The Morgan fingerprint density at radius 1 is 1.17 bits per heavy atom. The van der Waals surface area contributed by atoms with Crippen LogP contribution in [0.2, 0.25) is 0 Å². The van der Waals surface area contributed by atoms with Crippen molar-refractivity contribution in [2.45, 2.75) is 18.7 Å². The lowest BCUT2D eigenvalue weighted by atomic mass is 10.2. The first-order valence-corrected chi connectivity index (χ1v) is 9.41. The lowest BCUT2D eigenvalue weighted by Crippen LogP contribution is -2.12. The molecule has 6 nitrogen and oxygen atoms in total. The highest BCUT2D eigenvalue weighted by Gasteiger charge is 2.15. The molecule has 0 bridgehead atoms. The van der Waals surface area contributed by atoms with Crippen LogP contribution in [-0.2, 0) is 14.8 Å². The number of aromatic nitrogens is 1. The van der Waals surface area contributed by atoms with Crippen LogP contribution >= 0.6 is 11.3 Å². The summed E-state index contributed by atoms with van der Waals surface area (Å²) in [6.45, 7) is 3.25. The molecule has 1 aromatic heterocycles. The fraction of sp³-hybridized carbons (Fsp3) is 0.125. The van der Waals surface area contributed by atoms with Crippen LogP contribution in [0.5, 0.6) is 0 Å². The molecule has 124 valence electrons. The third-order valence-corrected chi connectivity index (χ3v) is 5.55. The molecule has 0 radical (unpaired) electrons. The van der Waals surface area contributed by atoms with Gasteiger partial charge in [-0.25, -0.2) is 13.4 Å². The van der Waals surface area contributed by atoms with Gasteiger partial charge in [0, 0.05) is 6.92 Å². The number of hydrogen-bond donors (Lipinski definition) is 2. The van der Waals surface area contributed by atoms with Gasteiger partial charge in [0.05, 0.1) is 20.8 Å². The lowest BCUT2D eigenvalue weighted by molar-refractivity contribution is -0.114. The number of anilines is 2. The summed E-state index contributed by atoms with van der Waals surface area (Å²) in [6.07, 6.45) is 0. The van der Waals surface area contributed by atoms with Gasteiger partial charge in [0.2, 0.25) is 5.91 Å². The predicted molar refractivity (Wildman–Crippen MR) is 95.9 cm³/mol. The molecule has 0 saturated heterocycles. The average molecular weight is 361 g/mol. The summed E-state index contributed by atoms with van der Waals surface area (Å²) >= 11 is 1.33. The van der Waals surface area contributed by atoms with Crippen LogP contribution in [0, 0.1) is 6.92 Å². The van der Waals surface area contributed by atoms with E-state index >= 15 is 0 Å². The van der Waals surface area contributed by atoms with E-state index in [1.54, 1.807) is 36.4 Å². The maximum absolute atomic E-state index is 12.5. The molecule has 3 rings (SSSR count). The third-order valence-electron chi connectivity index (χ3n) is 3.22. The Kier molecular flexibility index (Phi) is 4.25. The molecule has 2 aromatic carbocycles. The van der Waals surface area contributed by atoms with Gasteiger partial charge in [-0.3, -0.25) is 9.52 Å². The van der Waals surface area contributed by atoms with E-state index in [4.69, 9.17) is 0 Å². The van der Waals surface area contributed by atoms with Crippen molar-refractivity contribution in [3.63, 3.8) is 0 Å². The Labute approximate surface area is 143 Å². The standard InChI is InChI=1S/C16H15N3O3S2/c1-10-4-3-5-13(8-10)24(21,22)19-12-6-7-15-14(9-12)18-16(23-15)17-11(2)20/h3-9,19H,1-2H3,(H,17,18,20). The van der Waals surface area contributed by atoms with Crippen molar-refractivity contribution in [2.24, 2.45) is 0 Å². The second kappa shape index (κ2) is 6.21. The van der Waals surface area contributed by atoms with E-state index in [1.807, 2.05) is 13.0 Å². The molecule has 2 N–H and O–H groups in total. The van der Waals surface area contributed by atoms with E-state index in [1.165, 1.54) is 18.3 Å². The number of sulfonamides is 1. The second-order valence-corrected chi connectivity index (χ2v) is 8.02. The Hall–Kier alpha value is -2.45. The molecule has 0 spiro atoms. The maximum atomic E-state index is 12.5. The molecule has 1 amide bonds. The molecule has 0 atom stereocenters. The van der Waals surface area contributed by atoms with Crippen LogP contribution in [0.25, 0.3) is 10.2 Å². The van der Waals surface area contributed by atoms with Crippen molar-refractivity contribution < 1.29 is 13.2 Å². The van der Waals surface area contributed by atoms with E-state index in [-0.39, 0.29) is 10.8 Å². The summed E-state index contributed by atoms with van der Waals surface area (Å²) in [5, 5.41) is 3.11. The van der Waals surface area contributed by atoms with Crippen molar-refractivity contribution >= 4 is 48.3 Å². The normalized spacial score (nSPS) is 11.4. The van der Waals surface area contributed by atoms with Gasteiger partial charge in [-0.05, 0) is 42.8 Å². The van der Waals surface area contributed by atoms with Gasteiger partial charge in [0.25, 0.3) is 10.0 Å². The zero-order valence-corrected chi connectivity index (χ0v) is 14.7. The van der Waals surface area contributed by atoms with Gasteiger partial charge in [-0.15, -0.1) is 0 Å². The first-order valence-electron chi connectivity index (χ1n) is 7.11. The molecule has 0 aliphatic carbocycles. The number of nitrogens with zero attached hydrogens (tertiary/aromatic N) is 1. The number of carbonyl (C=O) groups is 1. The number of thiazole rings is 1. The summed E-state index contributed by atoms with van der Waals surface area (Å²) in [4.78, 5) is 15.6. The summed E-state index contributed by atoms with van der Waals surface area (Å²) in [5.41, 5.74) is 1.91. The van der Waals surface area contributed by atoms with Crippen LogP contribution < -0.4 is 10.0 Å². The van der Waals surface area contributed by atoms with E-state index in [9.17, 15) is 13.2 Å². The minimum atomic E-state index is -3.66. The molecular formula is C16H15N3O3S2. The number of benzene rings is 2. The first-order chi connectivity index (χ1) is 11.3. The fourth-order valence-electron chi connectivity index (χ4n) is 2.19. The molecule has 8 heteroatoms. The summed E-state index contributed by atoms with van der Waals surface area (Å²) in [6, 6.07) is 11.8. The smallest absolute Gasteiger partial charge is 0.261 e. The second-order valence-electron chi connectivity index (χ2n) is 5.30. The molecule has 0 aliphatic heterocycles. The highest BCUT2D eigenvalue weighted by molar-refractivity contribution is 7.92. The first kappa shape index (κ1) is 16.4. The van der Waals surface area contributed by atoms with Gasteiger partial charge < -0.3 is 5.32 Å². The molecule has 0 fully saturated rings. The summed E-state index contributed by atoms with van der Waals surface area (Å²) in [5.74, 6) is -0.200. The number of aryl methyl sites for hydroxylation is 1. The van der Waals surface area contributed by atoms with Crippen LogP contribution in [0.1, 0.15) is 12.5 Å². The van der Waals surface area contributed by atoms with E-state index in [2.05, 4.69) is 15.0 Å². The van der Waals surface area contributed by atoms with Crippen molar-refractivity contribution in [3.8, 4) is 0 Å². The Bertz CT molecular complexity index is 1030. The topological polar surface area (TPSA) is 88.2 Å². The molecule has 0 unspecified atom stereocenters. The minimum absolute atomic E-state index is 0.200. The largest absolute Gasteiger partial charge is 0.302 e. The zero-order chi connectivity index (χ0) is 17.3. The fourth-order valence-corrected chi connectivity index (χ4v) is 4.24. The van der Waals surface area contributed by atoms with Crippen LogP contribution in [-0.4, -0.2) is 19.3 Å². The molecular weight excluding hydrogens is 346 g/mol. The van der Waals surface area contributed by atoms with E-state index in [0.29, 0.717) is 16.3 Å². The highest BCUT2D eigenvalue weighted by atomic mass is 32.2. The van der Waals surface area contributed by atoms with Gasteiger partial charge in [-0.1, -0.05) is 23.5 Å². The maximum Gasteiger partial charge on any atom is 0.261 e. The van der Waals surface area contributed by atoms with Gasteiger partial charge >= 0.3 is 0 Å². The van der Waals surface area contributed by atoms with E-state index < -0.39 is 10.0 Å². The predicted octanol–water partition coefficient (Wildman–Crippen LogP) is 3.36. The summed E-state index contributed by atoms with van der Waals surface area (Å²) < 4.78 is 28.3. The third kappa shape index (κ3) is 3.55. The van der Waals surface area contributed by atoms with Gasteiger partial charge in [-0.2, -0.15) is 0 Å². The average Bonchev–Trinajstić information content (AvgIpc) is 2.87. The van der Waals surface area contributed by atoms with Crippen molar-refractivity contribution in [2.75, 3.05) is 10.0 Å². The number of amides is 1. The molecule has 0 saturated carbocycles. The van der Waals surface area contributed by atoms with Gasteiger partial charge in [0.15, 0.2) is 5.13 Å². The quantitative estimate of drug-likeness (QED) is 0.746. The SMILES string of the molecule is CC(=O)Nc1nc2cc(NS(=O)(=O)c3cccc(C)c3)ccc2s1. The minimum Gasteiger partial charge on any atom is -0.302 e. The number of carbonyl (C=O) groups excluding carboxylic acids is 1. The Morgan fingerprint density at radius 3 is 2.67 bits per heavy atom. The zero-order valence-electron chi connectivity index (χ0n) is 13.0.